The van der Waals surface area contributed by atoms with E-state index in [-0.39, 0.29) is 6.61 Å². The fourth-order valence-electron chi connectivity index (χ4n) is 2.73. The summed E-state index contributed by atoms with van der Waals surface area (Å²) in [7, 11) is 1.65. The molecule has 7 heteroatoms. The highest BCUT2D eigenvalue weighted by atomic mass is 79.9. The summed E-state index contributed by atoms with van der Waals surface area (Å²) in [6.07, 6.45) is 4.06. The van der Waals surface area contributed by atoms with E-state index < -0.39 is 6.67 Å². The largest absolute Gasteiger partial charge is 0.496 e. The molecule has 148 valence electrons. The highest BCUT2D eigenvalue weighted by Gasteiger charge is 2.07. The molecule has 0 saturated heterocycles. The first-order valence-electron chi connectivity index (χ1n) is 8.91. The van der Waals surface area contributed by atoms with E-state index in [1.807, 2.05) is 37.3 Å². The Bertz CT molecular complexity index is 974. The fourth-order valence-corrected chi connectivity index (χ4v) is 4.18. The lowest BCUT2D eigenvalue weighted by Crippen LogP contribution is -2.11. The van der Waals surface area contributed by atoms with Gasteiger partial charge >= 0.3 is 0 Å². The van der Waals surface area contributed by atoms with Crippen LogP contribution in [0, 0.1) is 6.92 Å². The van der Waals surface area contributed by atoms with Crippen molar-refractivity contribution in [2.45, 2.75) is 6.92 Å². The molecule has 0 aliphatic carbocycles. The maximum atomic E-state index is 12.0. The predicted octanol–water partition coefficient (Wildman–Crippen LogP) is 5.94. The van der Waals surface area contributed by atoms with E-state index in [1.165, 1.54) is 0 Å². The average molecular weight is 465 g/mol. The van der Waals surface area contributed by atoms with Gasteiger partial charge in [0.25, 0.3) is 0 Å². The number of rotatable bonds is 9. The molecule has 0 spiro atoms. The van der Waals surface area contributed by atoms with E-state index >= 15 is 0 Å². The van der Waals surface area contributed by atoms with Gasteiger partial charge in [0.2, 0.25) is 0 Å². The van der Waals surface area contributed by atoms with E-state index in [2.05, 4.69) is 33.4 Å². The van der Waals surface area contributed by atoms with Crippen LogP contribution in [0.3, 0.4) is 0 Å². The zero-order valence-electron chi connectivity index (χ0n) is 15.8. The topological polar surface area (TPSA) is 43.4 Å². The Morgan fingerprint density at radius 1 is 1.21 bits per heavy atom. The minimum absolute atomic E-state index is 0.148. The third-order valence-electron chi connectivity index (χ3n) is 4.13. The number of methoxy groups -OCH3 is 1. The van der Waals surface area contributed by atoms with Crippen LogP contribution in [0.5, 0.6) is 5.75 Å². The highest BCUT2D eigenvalue weighted by Crippen LogP contribution is 2.30. The summed E-state index contributed by atoms with van der Waals surface area (Å²) >= 11 is 5.15. The van der Waals surface area contributed by atoms with E-state index in [4.69, 9.17) is 14.5 Å². The van der Waals surface area contributed by atoms with Gasteiger partial charge in [-0.3, -0.25) is 0 Å². The van der Waals surface area contributed by atoms with Crippen molar-refractivity contribution in [1.29, 1.82) is 0 Å². The smallest absolute Gasteiger partial charge is 0.133 e. The first-order chi connectivity index (χ1) is 13.6. The van der Waals surface area contributed by atoms with Gasteiger partial charge in [-0.2, -0.15) is 0 Å². The van der Waals surface area contributed by atoms with Crippen LogP contribution in [0.1, 0.15) is 16.1 Å². The lowest BCUT2D eigenvalue weighted by molar-refractivity contribution is 0.128. The molecule has 0 amide bonds. The van der Waals surface area contributed by atoms with Gasteiger partial charge in [0.05, 0.1) is 35.0 Å². The van der Waals surface area contributed by atoms with Crippen LogP contribution in [0.4, 0.5) is 10.1 Å². The number of thiazole rings is 1. The second-order valence-corrected chi connectivity index (χ2v) is 8.06. The monoisotopic (exact) mass is 464 g/mol. The quantitative estimate of drug-likeness (QED) is 0.397. The normalized spacial score (nSPS) is 11.4. The van der Waals surface area contributed by atoms with Gasteiger partial charge in [-0.1, -0.05) is 12.1 Å². The summed E-state index contributed by atoms with van der Waals surface area (Å²) in [6, 6.07) is 10.1. The molecule has 4 nitrogen and oxygen atoms in total. The van der Waals surface area contributed by atoms with Crippen LogP contribution in [-0.4, -0.2) is 38.5 Å². The molecule has 1 aromatic heterocycles. The number of fused-ring (bicyclic) bond motifs is 1. The number of ether oxygens (including phenoxy) is 2. The van der Waals surface area contributed by atoms with E-state index in [9.17, 15) is 4.39 Å². The van der Waals surface area contributed by atoms with Gasteiger partial charge in [0, 0.05) is 12.2 Å². The van der Waals surface area contributed by atoms with Crippen LogP contribution in [0.15, 0.2) is 34.8 Å². The van der Waals surface area contributed by atoms with Crippen LogP contribution in [0.2, 0.25) is 0 Å². The summed E-state index contributed by atoms with van der Waals surface area (Å²) in [5, 5.41) is 4.29. The highest BCUT2D eigenvalue weighted by molar-refractivity contribution is 9.10. The molecule has 1 N–H and O–H groups in total. The van der Waals surface area contributed by atoms with Gasteiger partial charge < -0.3 is 14.8 Å². The van der Waals surface area contributed by atoms with Crippen molar-refractivity contribution in [2.24, 2.45) is 0 Å². The molecular weight excluding hydrogens is 443 g/mol. The predicted molar refractivity (Wildman–Crippen MR) is 119 cm³/mol. The van der Waals surface area contributed by atoms with Crippen molar-refractivity contribution in [2.75, 3.05) is 38.9 Å². The number of nitrogens with one attached hydrogen (secondary N) is 1. The Kier molecular flexibility index (Phi) is 7.42. The number of hydrogen-bond acceptors (Lipinski definition) is 5. The number of anilines is 1. The first kappa shape index (κ1) is 20.8. The Morgan fingerprint density at radius 2 is 2.07 bits per heavy atom. The van der Waals surface area contributed by atoms with Gasteiger partial charge in [0.1, 0.15) is 17.4 Å². The minimum atomic E-state index is -0.449. The summed E-state index contributed by atoms with van der Waals surface area (Å²) in [6.45, 7) is 2.87. The van der Waals surface area contributed by atoms with Gasteiger partial charge in [0.15, 0.2) is 0 Å². The maximum Gasteiger partial charge on any atom is 0.133 e. The minimum Gasteiger partial charge on any atom is -0.496 e. The molecule has 1 heterocycles. The number of halogens is 2. The van der Waals surface area contributed by atoms with Crippen molar-refractivity contribution in [3.63, 3.8) is 0 Å². The standard InChI is InChI=1S/C21H22BrFN2O2S/c1-14-11-18-20(13-17(14)24-8-10-27-9-7-23)28-21(25-18)6-4-15-3-5-19(26-2)16(22)12-15/h3-6,11-13,24H,7-10H2,1-2H3/b6-4+. The number of benzene rings is 2. The number of alkyl halides is 1. The molecule has 0 aliphatic heterocycles. The second-order valence-electron chi connectivity index (χ2n) is 6.14. The fraction of sp³-hybridized carbons (Fsp3) is 0.286. The number of aryl methyl sites for hydroxylation is 1. The molecule has 3 aromatic rings. The Hall–Kier alpha value is -1.96. The van der Waals surface area contributed by atoms with Gasteiger partial charge in [-0.15, -0.1) is 11.3 Å². The Labute approximate surface area is 176 Å². The average Bonchev–Trinajstić information content (AvgIpc) is 3.08. The van der Waals surface area contributed by atoms with E-state index in [0.717, 1.165) is 42.3 Å². The Morgan fingerprint density at radius 3 is 2.82 bits per heavy atom. The van der Waals surface area contributed by atoms with Crippen LogP contribution in [0.25, 0.3) is 22.4 Å². The third-order valence-corrected chi connectivity index (χ3v) is 5.73. The lowest BCUT2D eigenvalue weighted by atomic mass is 10.2. The van der Waals surface area contributed by atoms with Crippen LogP contribution in [-0.2, 0) is 4.74 Å². The molecule has 0 fully saturated rings. The van der Waals surface area contributed by atoms with Crippen molar-refractivity contribution < 1.29 is 13.9 Å². The molecular formula is C21H22BrFN2O2S. The molecule has 0 atom stereocenters. The maximum absolute atomic E-state index is 12.0. The van der Waals surface area contributed by atoms with Crippen LogP contribution >= 0.6 is 27.3 Å². The summed E-state index contributed by atoms with van der Waals surface area (Å²) in [5.41, 5.74) is 4.23. The zero-order chi connectivity index (χ0) is 19.9. The first-order valence-corrected chi connectivity index (χ1v) is 10.5. The number of nitrogens with zero attached hydrogens (tertiary/aromatic N) is 1. The molecule has 0 bridgehead atoms. The molecule has 0 unspecified atom stereocenters. The number of aromatic nitrogens is 1. The van der Waals surface area contributed by atoms with Crippen molar-refractivity contribution in [3.05, 3.63) is 50.9 Å². The third kappa shape index (κ3) is 5.31. The van der Waals surface area contributed by atoms with Crippen molar-refractivity contribution in [3.8, 4) is 5.75 Å². The SMILES string of the molecule is COc1ccc(/C=C/c2nc3cc(C)c(NCCOCCF)cc3s2)cc1Br. The van der Waals surface area contributed by atoms with Crippen LogP contribution < -0.4 is 10.1 Å². The van der Waals surface area contributed by atoms with Crippen molar-refractivity contribution in [1.82, 2.24) is 4.98 Å². The molecule has 3 rings (SSSR count). The summed E-state index contributed by atoms with van der Waals surface area (Å²) < 4.78 is 24.5. The van der Waals surface area contributed by atoms with Gasteiger partial charge in [-0.25, -0.2) is 9.37 Å². The Balaban J connectivity index is 1.72. The lowest BCUT2D eigenvalue weighted by Gasteiger charge is -2.09. The van der Waals surface area contributed by atoms with E-state index in [1.54, 1.807) is 18.4 Å². The molecule has 28 heavy (non-hydrogen) atoms. The molecule has 0 aliphatic rings. The van der Waals surface area contributed by atoms with Gasteiger partial charge in [-0.05, 0) is 64.3 Å². The molecule has 0 radical (unpaired) electrons. The van der Waals surface area contributed by atoms with E-state index in [0.29, 0.717) is 13.2 Å². The summed E-state index contributed by atoms with van der Waals surface area (Å²) in [5.74, 6) is 0.808. The zero-order valence-corrected chi connectivity index (χ0v) is 18.2. The summed E-state index contributed by atoms with van der Waals surface area (Å²) in [4.78, 5) is 4.71. The molecule has 2 aromatic carbocycles. The van der Waals surface area contributed by atoms with Crippen molar-refractivity contribution >= 4 is 55.3 Å². The number of hydrogen-bond donors (Lipinski definition) is 1. The molecule has 0 saturated carbocycles. The second kappa shape index (κ2) is 10.0.